The van der Waals surface area contributed by atoms with E-state index in [1.54, 1.807) is 6.92 Å². The number of benzene rings is 1. The second-order valence-electron chi connectivity index (χ2n) is 5.82. The Hall–Kier alpha value is -2.41. The van der Waals surface area contributed by atoms with Gasteiger partial charge in [-0.25, -0.2) is 9.18 Å². The Morgan fingerprint density at radius 1 is 1.32 bits per heavy atom. The molecule has 2 aromatic rings. The summed E-state index contributed by atoms with van der Waals surface area (Å²) in [6.07, 6.45) is -1.14. The average Bonchev–Trinajstić information content (AvgIpc) is 2.91. The Bertz CT molecular complexity index is 804. The predicted octanol–water partition coefficient (Wildman–Crippen LogP) is 4.08. The third-order valence-electron chi connectivity index (χ3n) is 3.46. The van der Waals surface area contributed by atoms with E-state index >= 15 is 0 Å². The molecule has 0 saturated carbocycles. The van der Waals surface area contributed by atoms with Crippen LogP contribution in [0.3, 0.4) is 0 Å². The molecule has 1 aromatic carbocycles. The first-order chi connectivity index (χ1) is 11.7. The van der Waals surface area contributed by atoms with Gasteiger partial charge in [0, 0.05) is 10.9 Å². The van der Waals surface area contributed by atoms with Crippen LogP contribution in [0.15, 0.2) is 22.7 Å². The molecule has 0 spiro atoms. The van der Waals surface area contributed by atoms with Gasteiger partial charge in [-0.05, 0) is 32.0 Å². The van der Waals surface area contributed by atoms with Crippen molar-refractivity contribution in [2.24, 2.45) is 0 Å². The largest absolute Gasteiger partial charge is 0.449 e. The van der Waals surface area contributed by atoms with Crippen molar-refractivity contribution in [3.63, 3.8) is 0 Å². The lowest BCUT2D eigenvalue weighted by molar-refractivity contribution is -0.123. The standard InChI is InChI=1S/C17H18ClFN2O4/c1-8(2)15-14(9(3)21-25-15)17(23)24-10(4)16(22)20-13-6-5-11(18)7-12(13)19/h5-8,10H,1-4H3,(H,20,22)/t10-/m1/s1. The molecular formula is C17H18ClFN2O4. The monoisotopic (exact) mass is 368 g/mol. The first-order valence-corrected chi connectivity index (χ1v) is 8.01. The normalized spacial score (nSPS) is 12.1. The molecule has 0 saturated heterocycles. The summed E-state index contributed by atoms with van der Waals surface area (Å²) in [4.78, 5) is 24.5. The molecular weight excluding hydrogens is 351 g/mol. The maximum Gasteiger partial charge on any atom is 0.344 e. The number of amides is 1. The molecule has 0 radical (unpaired) electrons. The third-order valence-corrected chi connectivity index (χ3v) is 3.69. The van der Waals surface area contributed by atoms with Gasteiger partial charge in [0.25, 0.3) is 5.91 Å². The predicted molar refractivity (Wildman–Crippen MR) is 90.2 cm³/mol. The van der Waals surface area contributed by atoms with Gasteiger partial charge in [0.1, 0.15) is 11.4 Å². The summed E-state index contributed by atoms with van der Waals surface area (Å²) < 4.78 is 24.0. The van der Waals surface area contributed by atoms with E-state index < -0.39 is 23.8 Å². The van der Waals surface area contributed by atoms with Crippen LogP contribution >= 0.6 is 11.6 Å². The number of aryl methyl sites for hydroxylation is 1. The van der Waals surface area contributed by atoms with E-state index in [9.17, 15) is 14.0 Å². The van der Waals surface area contributed by atoms with Crippen molar-refractivity contribution in [2.45, 2.75) is 39.7 Å². The Balaban J connectivity index is 2.08. The molecule has 0 aliphatic carbocycles. The van der Waals surface area contributed by atoms with E-state index in [0.717, 1.165) is 6.07 Å². The van der Waals surface area contributed by atoms with Crippen LogP contribution < -0.4 is 5.32 Å². The number of halogens is 2. The SMILES string of the molecule is Cc1noc(C(C)C)c1C(=O)O[C@H](C)C(=O)Nc1ccc(Cl)cc1F. The zero-order chi connectivity index (χ0) is 18.7. The number of nitrogens with one attached hydrogen (secondary N) is 1. The van der Waals surface area contributed by atoms with Gasteiger partial charge in [0.15, 0.2) is 11.9 Å². The number of anilines is 1. The molecule has 2 rings (SSSR count). The molecule has 0 aliphatic rings. The van der Waals surface area contributed by atoms with Crippen LogP contribution in [0.1, 0.15) is 48.5 Å². The maximum atomic E-state index is 13.7. The Morgan fingerprint density at radius 2 is 2.00 bits per heavy atom. The van der Waals surface area contributed by atoms with E-state index in [1.807, 2.05) is 13.8 Å². The van der Waals surface area contributed by atoms with E-state index in [2.05, 4.69) is 10.5 Å². The summed E-state index contributed by atoms with van der Waals surface area (Å²) in [5.74, 6) is -1.76. The second-order valence-corrected chi connectivity index (χ2v) is 6.26. The van der Waals surface area contributed by atoms with Gasteiger partial charge < -0.3 is 14.6 Å². The van der Waals surface area contributed by atoms with Crippen LogP contribution in [0.2, 0.25) is 5.02 Å². The molecule has 0 bridgehead atoms. The quantitative estimate of drug-likeness (QED) is 0.804. The summed E-state index contributed by atoms with van der Waals surface area (Å²) in [6, 6.07) is 3.83. The highest BCUT2D eigenvalue weighted by molar-refractivity contribution is 6.30. The molecule has 1 amide bonds. The Morgan fingerprint density at radius 3 is 2.60 bits per heavy atom. The maximum absolute atomic E-state index is 13.7. The average molecular weight is 369 g/mol. The van der Waals surface area contributed by atoms with E-state index in [-0.39, 0.29) is 22.2 Å². The fraction of sp³-hybridized carbons (Fsp3) is 0.353. The molecule has 1 heterocycles. The molecule has 0 unspecified atom stereocenters. The summed E-state index contributed by atoms with van der Waals surface area (Å²) in [5, 5.41) is 6.32. The fourth-order valence-electron chi connectivity index (χ4n) is 2.13. The molecule has 0 fully saturated rings. The number of carbonyl (C=O) groups excluding carboxylic acids is 2. The summed E-state index contributed by atoms with van der Waals surface area (Å²) in [7, 11) is 0. The van der Waals surface area contributed by atoms with Crippen molar-refractivity contribution >= 4 is 29.2 Å². The number of rotatable bonds is 5. The van der Waals surface area contributed by atoms with Crippen molar-refractivity contribution < 1.29 is 23.2 Å². The van der Waals surface area contributed by atoms with E-state index in [4.69, 9.17) is 20.9 Å². The third kappa shape index (κ3) is 4.36. The highest BCUT2D eigenvalue weighted by Gasteiger charge is 2.27. The number of hydrogen-bond donors (Lipinski definition) is 1. The van der Waals surface area contributed by atoms with Crippen LogP contribution in [0, 0.1) is 12.7 Å². The zero-order valence-electron chi connectivity index (χ0n) is 14.2. The van der Waals surface area contributed by atoms with Gasteiger partial charge in [-0.1, -0.05) is 30.6 Å². The number of carbonyl (C=O) groups is 2. The van der Waals surface area contributed by atoms with Gasteiger partial charge in [-0.15, -0.1) is 0 Å². The Kier molecular flexibility index (Phi) is 5.79. The number of nitrogens with zero attached hydrogens (tertiary/aromatic N) is 1. The van der Waals surface area contributed by atoms with Gasteiger partial charge >= 0.3 is 5.97 Å². The summed E-state index contributed by atoms with van der Waals surface area (Å²) >= 11 is 5.66. The first-order valence-electron chi connectivity index (χ1n) is 7.63. The van der Waals surface area contributed by atoms with Gasteiger partial charge in [0.05, 0.1) is 11.4 Å². The van der Waals surface area contributed by atoms with Crippen molar-refractivity contribution in [1.82, 2.24) is 5.16 Å². The summed E-state index contributed by atoms with van der Waals surface area (Å²) in [5.41, 5.74) is 0.527. The van der Waals surface area contributed by atoms with Crippen molar-refractivity contribution in [2.75, 3.05) is 5.32 Å². The molecule has 8 heteroatoms. The molecule has 6 nitrogen and oxygen atoms in total. The summed E-state index contributed by atoms with van der Waals surface area (Å²) in [6.45, 7) is 6.69. The van der Waals surface area contributed by atoms with Crippen molar-refractivity contribution in [3.8, 4) is 0 Å². The highest BCUT2D eigenvalue weighted by atomic mass is 35.5. The van der Waals surface area contributed by atoms with Crippen molar-refractivity contribution in [1.29, 1.82) is 0 Å². The van der Waals surface area contributed by atoms with Gasteiger partial charge in [0.2, 0.25) is 0 Å². The van der Waals surface area contributed by atoms with Crippen LogP contribution in [0.4, 0.5) is 10.1 Å². The van der Waals surface area contributed by atoms with Crippen molar-refractivity contribution in [3.05, 3.63) is 46.1 Å². The van der Waals surface area contributed by atoms with Crippen LogP contribution in [0.25, 0.3) is 0 Å². The van der Waals surface area contributed by atoms with Crippen LogP contribution in [-0.4, -0.2) is 23.1 Å². The van der Waals surface area contributed by atoms with Gasteiger partial charge in [-0.2, -0.15) is 0 Å². The Labute approximate surface area is 149 Å². The molecule has 25 heavy (non-hydrogen) atoms. The minimum absolute atomic E-state index is 0.0543. The highest BCUT2D eigenvalue weighted by Crippen LogP contribution is 2.24. The smallest absolute Gasteiger partial charge is 0.344 e. The number of ether oxygens (including phenoxy) is 1. The molecule has 134 valence electrons. The van der Waals surface area contributed by atoms with Gasteiger partial charge in [-0.3, -0.25) is 4.79 Å². The molecule has 1 N–H and O–H groups in total. The zero-order valence-corrected chi connectivity index (χ0v) is 15.0. The van der Waals surface area contributed by atoms with E-state index in [1.165, 1.54) is 19.1 Å². The topological polar surface area (TPSA) is 81.4 Å². The lowest BCUT2D eigenvalue weighted by atomic mass is 10.1. The molecule has 0 aliphatic heterocycles. The number of hydrogen-bond acceptors (Lipinski definition) is 5. The van der Waals surface area contributed by atoms with Crippen LogP contribution in [-0.2, 0) is 9.53 Å². The lowest BCUT2D eigenvalue weighted by Gasteiger charge is -2.14. The minimum Gasteiger partial charge on any atom is -0.449 e. The molecule has 1 aromatic heterocycles. The second kappa shape index (κ2) is 7.65. The van der Waals surface area contributed by atoms with E-state index in [0.29, 0.717) is 11.5 Å². The van der Waals surface area contributed by atoms with Crippen LogP contribution in [0.5, 0.6) is 0 Å². The fourth-order valence-corrected chi connectivity index (χ4v) is 2.29. The lowest BCUT2D eigenvalue weighted by Crippen LogP contribution is -2.30. The number of esters is 1. The number of aromatic nitrogens is 1. The first kappa shape index (κ1) is 18.9. The molecule has 1 atom stereocenters. The minimum atomic E-state index is -1.14.